The minimum Gasteiger partial charge on any atom is -0.368 e. The van der Waals surface area contributed by atoms with Crippen LogP contribution in [0.4, 0.5) is 0 Å². The third-order valence-electron chi connectivity index (χ3n) is 6.65. The maximum absolute atomic E-state index is 9.81. The van der Waals surface area contributed by atoms with E-state index in [1.54, 1.807) is 0 Å². The van der Waals surface area contributed by atoms with Gasteiger partial charge in [0.25, 0.3) is 0 Å². The first-order valence-corrected chi connectivity index (χ1v) is 11.5. The molecule has 1 fully saturated rings. The molecule has 0 bridgehead atoms. The van der Waals surface area contributed by atoms with Crippen LogP contribution in [0.1, 0.15) is 95.9 Å². The molecule has 4 heteroatoms. The Morgan fingerprint density at radius 3 is 1.73 bits per heavy atom. The van der Waals surface area contributed by atoms with Crippen molar-refractivity contribution in [2.75, 3.05) is 0 Å². The molecule has 30 heavy (non-hydrogen) atoms. The van der Waals surface area contributed by atoms with E-state index in [-0.39, 0.29) is 57.1 Å². The van der Waals surface area contributed by atoms with E-state index in [0.29, 0.717) is 35.0 Å². The van der Waals surface area contributed by atoms with Gasteiger partial charge in [-0.1, -0.05) is 94.4 Å². The molecule has 0 spiro atoms. The molecular weight excluding hydrogens is 579 g/mol. The average molecular weight is 631 g/mol. The summed E-state index contributed by atoms with van der Waals surface area (Å²) in [5.41, 5.74) is 0.692. The Morgan fingerprint density at radius 1 is 0.900 bits per heavy atom. The van der Waals surface area contributed by atoms with Crippen LogP contribution in [0.25, 0.3) is 0 Å². The number of hydrogen-bond donors (Lipinski definition) is 1. The maximum Gasteiger partial charge on any atom is 0.157 e. The molecule has 0 amide bonds. The summed E-state index contributed by atoms with van der Waals surface area (Å²) in [5.74, 6) is 3.24. The van der Waals surface area contributed by atoms with Crippen LogP contribution in [0.3, 0.4) is 0 Å². The topological polar surface area (TPSA) is 29.5 Å². The first kappa shape index (κ1) is 35.8. The minimum atomic E-state index is -0.580. The zero-order valence-corrected chi connectivity index (χ0v) is 26.4. The summed E-state index contributed by atoms with van der Waals surface area (Å²) in [6.45, 7) is 30.9. The third-order valence-corrected chi connectivity index (χ3v) is 6.65. The fraction of sp³-hybridized carbons (Fsp3) is 0.923. The summed E-state index contributed by atoms with van der Waals surface area (Å²) in [6.07, 6.45) is 4.29. The van der Waals surface area contributed by atoms with Crippen LogP contribution in [0.5, 0.6) is 0 Å². The van der Waals surface area contributed by atoms with E-state index < -0.39 is 6.29 Å². The molecule has 8 atom stereocenters. The molecule has 2 nitrogen and oxygen atoms in total. The number of rotatable bonds is 5. The van der Waals surface area contributed by atoms with E-state index in [2.05, 4.69) is 96.4 Å². The first-order valence-electron chi connectivity index (χ1n) is 11.5. The summed E-state index contributed by atoms with van der Waals surface area (Å²) in [6, 6.07) is 0. The zero-order chi connectivity index (χ0) is 22.4. The molecule has 3 unspecified atom stereocenters. The second kappa shape index (κ2) is 15.2. The molecule has 0 aromatic rings. The first-order chi connectivity index (χ1) is 12.5. The quantitative estimate of drug-likeness (QED) is 0.321. The van der Waals surface area contributed by atoms with Gasteiger partial charge in [-0.3, -0.25) is 0 Å². The predicted octanol–water partition coefficient (Wildman–Crippen LogP) is 7.41. The minimum absolute atomic E-state index is 0. The van der Waals surface area contributed by atoms with Crippen LogP contribution >= 0.6 is 0 Å². The Morgan fingerprint density at radius 2 is 1.37 bits per heavy atom. The SMILES string of the molecule is CC1[C@@H](C)[C@H](C)C(CC(C)(C)C)O[C@@H]1O.[CH2-]C(C)[C@@H](C)[C@H](C)[CH-]CC(C)(C)C.[V].[W]. The number of aliphatic hydroxyl groups excluding tert-OH is 1. The Kier molecular flexibility index (Phi) is 18.1. The fourth-order valence-corrected chi connectivity index (χ4v) is 3.61. The standard InChI is InChI=1S/C13H26O2.C13H26.V.W/c1-8-9(2)11(7-13(4,5)6)15-12(14)10(8)3;1-10(2)12(4)11(3)8-9-13(5,6)7;;/h8-12,14H,7H2,1-6H3;8,10-12H,1,9H2,2-7H3;;/q;-2;;/t8-,9-,10?,11?,12-;10?,11-,12-;;/m01../s1. The van der Waals surface area contributed by atoms with Gasteiger partial charge in [-0.05, 0) is 23.7 Å². The molecule has 1 heterocycles. The summed E-state index contributed by atoms with van der Waals surface area (Å²) in [7, 11) is 0. The molecule has 1 rings (SSSR count). The third kappa shape index (κ3) is 14.4. The van der Waals surface area contributed by atoms with Crippen LogP contribution in [-0.4, -0.2) is 17.5 Å². The van der Waals surface area contributed by atoms with Crippen molar-refractivity contribution in [3.05, 3.63) is 13.3 Å². The molecule has 1 aliphatic rings. The molecular formula is C26H52O2VW-2. The smallest absolute Gasteiger partial charge is 0.157 e. The summed E-state index contributed by atoms with van der Waals surface area (Å²) < 4.78 is 5.71. The van der Waals surface area contributed by atoms with Crippen LogP contribution in [-0.2, 0) is 44.4 Å². The molecule has 0 aromatic carbocycles. The Bertz CT molecular complexity index is 428. The van der Waals surface area contributed by atoms with Crippen LogP contribution in [0.15, 0.2) is 0 Å². The Hall–Kier alpha value is 1.19. The van der Waals surface area contributed by atoms with Gasteiger partial charge in [-0.15, -0.1) is 0 Å². The van der Waals surface area contributed by atoms with Crippen molar-refractivity contribution in [3.63, 3.8) is 0 Å². The fourth-order valence-electron chi connectivity index (χ4n) is 3.61. The van der Waals surface area contributed by atoms with Crippen LogP contribution in [0.2, 0.25) is 0 Å². The number of hydrogen-bond acceptors (Lipinski definition) is 2. The Balaban J connectivity index is -0.000000461. The zero-order valence-electron chi connectivity index (χ0n) is 22.0. The second-order valence-corrected chi connectivity index (χ2v) is 12.1. The van der Waals surface area contributed by atoms with E-state index in [4.69, 9.17) is 4.74 Å². The van der Waals surface area contributed by atoms with Gasteiger partial charge in [0.2, 0.25) is 0 Å². The predicted molar refractivity (Wildman–Crippen MR) is 124 cm³/mol. The van der Waals surface area contributed by atoms with Gasteiger partial charge in [-0.2, -0.15) is 18.3 Å². The van der Waals surface area contributed by atoms with Crippen LogP contribution < -0.4 is 0 Å². The van der Waals surface area contributed by atoms with E-state index in [1.165, 1.54) is 6.42 Å². The van der Waals surface area contributed by atoms with Gasteiger partial charge >= 0.3 is 0 Å². The van der Waals surface area contributed by atoms with E-state index >= 15 is 0 Å². The van der Waals surface area contributed by atoms with Gasteiger partial charge in [0.15, 0.2) is 6.29 Å². The molecule has 1 radical (unpaired) electrons. The molecule has 0 aromatic heterocycles. The Labute approximate surface area is 216 Å². The normalized spacial score (nSPS) is 30.0. The van der Waals surface area contributed by atoms with Crippen molar-refractivity contribution in [1.29, 1.82) is 0 Å². The monoisotopic (exact) mass is 631 g/mol. The van der Waals surface area contributed by atoms with E-state index in [9.17, 15) is 5.11 Å². The molecule has 1 aliphatic heterocycles. The van der Waals surface area contributed by atoms with Crippen molar-refractivity contribution < 1.29 is 49.5 Å². The van der Waals surface area contributed by atoms with Crippen molar-refractivity contribution >= 4 is 0 Å². The molecule has 0 aliphatic carbocycles. The molecule has 1 saturated heterocycles. The van der Waals surface area contributed by atoms with Crippen LogP contribution in [0, 0.1) is 59.7 Å². The molecule has 1 N–H and O–H groups in total. The van der Waals surface area contributed by atoms with Gasteiger partial charge in [0.05, 0.1) is 6.10 Å². The molecule has 0 saturated carbocycles. The summed E-state index contributed by atoms with van der Waals surface area (Å²) in [5, 5.41) is 9.81. The second-order valence-electron chi connectivity index (χ2n) is 12.1. The number of aliphatic hydroxyl groups is 1. The van der Waals surface area contributed by atoms with Gasteiger partial charge < -0.3 is 23.2 Å². The van der Waals surface area contributed by atoms with Gasteiger partial charge in [0.1, 0.15) is 0 Å². The van der Waals surface area contributed by atoms with Crippen molar-refractivity contribution in [1.82, 2.24) is 0 Å². The summed E-state index contributed by atoms with van der Waals surface area (Å²) in [4.78, 5) is 0. The maximum atomic E-state index is 9.81. The largest absolute Gasteiger partial charge is 0.368 e. The number of ether oxygens (including phenoxy) is 1. The molecule has 181 valence electrons. The van der Waals surface area contributed by atoms with Crippen molar-refractivity contribution in [3.8, 4) is 0 Å². The average Bonchev–Trinajstić information content (AvgIpc) is 2.53. The summed E-state index contributed by atoms with van der Waals surface area (Å²) >= 11 is 0. The van der Waals surface area contributed by atoms with E-state index in [0.717, 1.165) is 6.42 Å². The van der Waals surface area contributed by atoms with Gasteiger partial charge in [0, 0.05) is 45.5 Å². The van der Waals surface area contributed by atoms with Crippen molar-refractivity contribution in [2.24, 2.45) is 46.3 Å². The van der Waals surface area contributed by atoms with Gasteiger partial charge in [-0.25, -0.2) is 0 Å². The van der Waals surface area contributed by atoms with Crippen molar-refractivity contribution in [2.45, 2.75) is 108 Å². The van der Waals surface area contributed by atoms with E-state index in [1.807, 2.05) is 0 Å².